The summed E-state index contributed by atoms with van der Waals surface area (Å²) >= 11 is 0. The minimum atomic E-state index is -0.750. The number of nitrogens with one attached hydrogen (secondary N) is 1. The average Bonchev–Trinajstić information content (AvgIpc) is 2.38. The fourth-order valence-corrected chi connectivity index (χ4v) is 1.66. The molecular weight excluding hydrogens is 255 g/mol. The van der Waals surface area contributed by atoms with Crippen molar-refractivity contribution in [3.63, 3.8) is 0 Å². The SMILES string of the molecule is CNCc1cccc(F)c1Oc1cc(F)ccc1F. The molecule has 0 heterocycles. The number of rotatable bonds is 4. The summed E-state index contributed by atoms with van der Waals surface area (Å²) in [6.45, 7) is 0.351. The molecule has 100 valence electrons. The fourth-order valence-electron chi connectivity index (χ4n) is 1.66. The lowest BCUT2D eigenvalue weighted by atomic mass is 10.2. The van der Waals surface area contributed by atoms with Gasteiger partial charge in [-0.25, -0.2) is 13.2 Å². The highest BCUT2D eigenvalue weighted by Crippen LogP contribution is 2.30. The third kappa shape index (κ3) is 3.06. The van der Waals surface area contributed by atoms with E-state index in [0.29, 0.717) is 12.1 Å². The molecule has 0 atom stereocenters. The standard InChI is InChI=1S/C14H12F3NO/c1-18-8-9-3-2-4-12(17)14(9)19-13-7-10(15)5-6-11(13)16/h2-7,18H,8H2,1H3. The maximum Gasteiger partial charge on any atom is 0.167 e. The maximum absolute atomic E-state index is 13.7. The summed E-state index contributed by atoms with van der Waals surface area (Å²) in [6.07, 6.45) is 0. The van der Waals surface area contributed by atoms with Crippen molar-refractivity contribution >= 4 is 0 Å². The van der Waals surface area contributed by atoms with Gasteiger partial charge in [0.05, 0.1) is 0 Å². The molecule has 0 radical (unpaired) electrons. The Hall–Kier alpha value is -2.01. The van der Waals surface area contributed by atoms with E-state index in [1.807, 2.05) is 0 Å². The summed E-state index contributed by atoms with van der Waals surface area (Å²) in [6, 6.07) is 7.15. The molecular formula is C14H12F3NO. The second-order valence-corrected chi connectivity index (χ2v) is 3.94. The Morgan fingerprint density at radius 1 is 1.05 bits per heavy atom. The smallest absolute Gasteiger partial charge is 0.167 e. The number of hydrogen-bond acceptors (Lipinski definition) is 2. The van der Waals surface area contributed by atoms with Gasteiger partial charge >= 0.3 is 0 Å². The van der Waals surface area contributed by atoms with Crippen LogP contribution < -0.4 is 10.1 Å². The van der Waals surface area contributed by atoms with Crippen LogP contribution in [0, 0.1) is 17.5 Å². The fraction of sp³-hybridized carbons (Fsp3) is 0.143. The van der Waals surface area contributed by atoms with E-state index in [9.17, 15) is 13.2 Å². The van der Waals surface area contributed by atoms with Gasteiger partial charge < -0.3 is 10.1 Å². The third-order valence-corrected chi connectivity index (χ3v) is 2.52. The monoisotopic (exact) mass is 267 g/mol. The Balaban J connectivity index is 2.39. The maximum atomic E-state index is 13.7. The van der Waals surface area contributed by atoms with E-state index >= 15 is 0 Å². The second kappa shape index (κ2) is 5.75. The van der Waals surface area contributed by atoms with E-state index in [1.54, 1.807) is 13.1 Å². The Kier molecular flexibility index (Phi) is 4.06. The number of halogens is 3. The zero-order valence-corrected chi connectivity index (χ0v) is 10.2. The van der Waals surface area contributed by atoms with Gasteiger partial charge in [-0.3, -0.25) is 0 Å². The first-order valence-electron chi connectivity index (χ1n) is 5.66. The molecule has 0 spiro atoms. The Morgan fingerprint density at radius 3 is 2.58 bits per heavy atom. The highest BCUT2D eigenvalue weighted by atomic mass is 19.1. The van der Waals surface area contributed by atoms with Crippen LogP contribution in [0.4, 0.5) is 13.2 Å². The van der Waals surface area contributed by atoms with Crippen LogP contribution in [-0.2, 0) is 6.54 Å². The number of ether oxygens (including phenoxy) is 1. The van der Waals surface area contributed by atoms with Crippen molar-refractivity contribution in [1.82, 2.24) is 5.32 Å². The second-order valence-electron chi connectivity index (χ2n) is 3.94. The summed E-state index contributed by atoms with van der Waals surface area (Å²) < 4.78 is 45.4. The minimum absolute atomic E-state index is 0.110. The first-order valence-corrected chi connectivity index (χ1v) is 5.66. The molecule has 0 amide bonds. The first-order chi connectivity index (χ1) is 9.11. The minimum Gasteiger partial charge on any atom is -0.451 e. The Labute approximate surface area is 108 Å². The van der Waals surface area contributed by atoms with Crippen LogP contribution >= 0.6 is 0 Å². The van der Waals surface area contributed by atoms with Crippen molar-refractivity contribution in [2.45, 2.75) is 6.54 Å². The lowest BCUT2D eigenvalue weighted by Gasteiger charge is -2.12. The van der Waals surface area contributed by atoms with Crippen LogP contribution in [0.15, 0.2) is 36.4 Å². The molecule has 0 aliphatic heterocycles. The van der Waals surface area contributed by atoms with Crippen molar-refractivity contribution < 1.29 is 17.9 Å². The Bertz CT molecular complexity index is 587. The normalized spacial score (nSPS) is 10.5. The summed E-state index contributed by atoms with van der Waals surface area (Å²) in [5.74, 6) is -2.48. The molecule has 2 rings (SSSR count). The van der Waals surface area contributed by atoms with Crippen molar-refractivity contribution in [2.24, 2.45) is 0 Å². The summed E-state index contributed by atoms with van der Waals surface area (Å²) in [5.41, 5.74) is 0.520. The zero-order valence-electron chi connectivity index (χ0n) is 10.2. The molecule has 2 nitrogen and oxygen atoms in total. The van der Waals surface area contributed by atoms with E-state index < -0.39 is 17.5 Å². The van der Waals surface area contributed by atoms with Gasteiger partial charge in [0.25, 0.3) is 0 Å². The van der Waals surface area contributed by atoms with Crippen LogP contribution in [0.1, 0.15) is 5.56 Å². The molecule has 1 N–H and O–H groups in total. The van der Waals surface area contributed by atoms with Gasteiger partial charge in [0.2, 0.25) is 0 Å². The molecule has 0 bridgehead atoms. The number of hydrogen-bond donors (Lipinski definition) is 1. The molecule has 0 aromatic heterocycles. The van der Waals surface area contributed by atoms with Crippen molar-refractivity contribution in [1.29, 1.82) is 0 Å². The lowest BCUT2D eigenvalue weighted by Crippen LogP contribution is -2.07. The average molecular weight is 267 g/mol. The first kappa shape index (κ1) is 13.4. The molecule has 5 heteroatoms. The topological polar surface area (TPSA) is 21.3 Å². The highest BCUT2D eigenvalue weighted by molar-refractivity contribution is 5.39. The van der Waals surface area contributed by atoms with Crippen molar-refractivity contribution in [3.05, 3.63) is 59.4 Å². The molecule has 19 heavy (non-hydrogen) atoms. The van der Waals surface area contributed by atoms with Gasteiger partial charge in [0, 0.05) is 18.2 Å². The van der Waals surface area contributed by atoms with Crippen molar-refractivity contribution in [2.75, 3.05) is 7.05 Å². The van der Waals surface area contributed by atoms with Gasteiger partial charge in [0.1, 0.15) is 5.82 Å². The molecule has 2 aromatic rings. The van der Waals surface area contributed by atoms with E-state index in [-0.39, 0.29) is 11.5 Å². The van der Waals surface area contributed by atoms with Crippen LogP contribution in [0.2, 0.25) is 0 Å². The van der Waals surface area contributed by atoms with E-state index in [2.05, 4.69) is 5.32 Å². The largest absolute Gasteiger partial charge is 0.451 e. The molecule has 0 saturated carbocycles. The van der Waals surface area contributed by atoms with Gasteiger partial charge in [-0.05, 0) is 25.2 Å². The predicted octanol–water partition coefficient (Wildman–Crippen LogP) is 3.62. The van der Waals surface area contributed by atoms with Crippen LogP contribution in [0.3, 0.4) is 0 Å². The van der Waals surface area contributed by atoms with Crippen LogP contribution in [-0.4, -0.2) is 7.05 Å². The molecule has 0 aliphatic carbocycles. The van der Waals surface area contributed by atoms with Gasteiger partial charge in [-0.15, -0.1) is 0 Å². The zero-order chi connectivity index (χ0) is 13.8. The molecule has 0 unspecified atom stereocenters. The number of benzene rings is 2. The highest BCUT2D eigenvalue weighted by Gasteiger charge is 2.13. The van der Waals surface area contributed by atoms with Crippen LogP contribution in [0.5, 0.6) is 11.5 Å². The Morgan fingerprint density at radius 2 is 1.84 bits per heavy atom. The summed E-state index contributed by atoms with van der Waals surface area (Å²) in [5, 5.41) is 2.85. The van der Waals surface area contributed by atoms with Gasteiger partial charge in [0.15, 0.2) is 23.1 Å². The van der Waals surface area contributed by atoms with Gasteiger partial charge in [-0.2, -0.15) is 0 Å². The predicted molar refractivity (Wildman–Crippen MR) is 65.6 cm³/mol. The van der Waals surface area contributed by atoms with Crippen LogP contribution in [0.25, 0.3) is 0 Å². The third-order valence-electron chi connectivity index (χ3n) is 2.52. The van der Waals surface area contributed by atoms with E-state index in [1.165, 1.54) is 12.1 Å². The molecule has 0 aliphatic rings. The quantitative estimate of drug-likeness (QED) is 0.913. The number of para-hydroxylation sites is 1. The lowest BCUT2D eigenvalue weighted by molar-refractivity contribution is 0.405. The molecule has 0 saturated heterocycles. The summed E-state index contributed by atoms with van der Waals surface area (Å²) in [4.78, 5) is 0. The van der Waals surface area contributed by atoms with E-state index in [0.717, 1.165) is 18.2 Å². The van der Waals surface area contributed by atoms with E-state index in [4.69, 9.17) is 4.74 Å². The molecule has 0 fully saturated rings. The summed E-state index contributed by atoms with van der Waals surface area (Å²) in [7, 11) is 1.69. The van der Waals surface area contributed by atoms with Gasteiger partial charge in [-0.1, -0.05) is 12.1 Å². The van der Waals surface area contributed by atoms with Crippen molar-refractivity contribution in [3.8, 4) is 11.5 Å². The molecule has 2 aromatic carbocycles.